The van der Waals surface area contributed by atoms with E-state index in [-0.39, 0.29) is 18.3 Å². The summed E-state index contributed by atoms with van der Waals surface area (Å²) in [6, 6.07) is 7.11. The molecule has 0 bridgehead atoms. The van der Waals surface area contributed by atoms with Crippen LogP contribution in [-0.2, 0) is 0 Å². The molecule has 0 saturated carbocycles. The molecule has 1 amide bonds. The fourth-order valence-electron chi connectivity index (χ4n) is 1.57. The van der Waals surface area contributed by atoms with E-state index in [1.54, 1.807) is 31.2 Å². The van der Waals surface area contributed by atoms with Crippen LogP contribution in [0, 0.1) is 18.8 Å². The zero-order chi connectivity index (χ0) is 14.4. The first kappa shape index (κ1) is 13.8. The molecule has 0 aliphatic carbocycles. The van der Waals surface area contributed by atoms with Gasteiger partial charge in [0.05, 0.1) is 12.3 Å². The predicted molar refractivity (Wildman–Crippen MR) is 74.2 cm³/mol. The van der Waals surface area contributed by atoms with E-state index in [1.807, 2.05) is 0 Å². The average molecular weight is 270 g/mol. The van der Waals surface area contributed by atoms with Crippen LogP contribution in [0.5, 0.6) is 0 Å². The van der Waals surface area contributed by atoms with Crippen molar-refractivity contribution in [3.05, 3.63) is 47.7 Å². The fraction of sp³-hybridized carbons (Fsp3) is 0.200. The summed E-state index contributed by atoms with van der Waals surface area (Å²) in [6.07, 6.45) is 1.69. The van der Waals surface area contributed by atoms with Crippen LogP contribution in [0.15, 0.2) is 35.1 Å². The van der Waals surface area contributed by atoms with Gasteiger partial charge in [0.25, 0.3) is 5.91 Å². The molecule has 5 nitrogen and oxygen atoms in total. The molecule has 0 radical (unpaired) electrons. The van der Waals surface area contributed by atoms with Crippen molar-refractivity contribution < 1.29 is 14.3 Å². The average Bonchev–Trinajstić information content (AvgIpc) is 2.87. The van der Waals surface area contributed by atoms with Gasteiger partial charge in [0, 0.05) is 17.7 Å². The molecular formula is C15H14N2O3. The Hall–Kier alpha value is -2.58. The van der Waals surface area contributed by atoms with E-state index in [4.69, 9.17) is 9.52 Å². The van der Waals surface area contributed by atoms with Crippen LogP contribution in [0.3, 0.4) is 0 Å². The number of aromatic nitrogens is 1. The molecule has 0 spiro atoms. The van der Waals surface area contributed by atoms with Gasteiger partial charge < -0.3 is 14.8 Å². The number of nitrogens with zero attached hydrogens (tertiary/aromatic N) is 1. The summed E-state index contributed by atoms with van der Waals surface area (Å²) in [5, 5.41) is 11.4. The summed E-state index contributed by atoms with van der Waals surface area (Å²) >= 11 is 0. The monoisotopic (exact) mass is 270 g/mol. The third-order valence-corrected chi connectivity index (χ3v) is 2.56. The summed E-state index contributed by atoms with van der Waals surface area (Å²) < 4.78 is 5.02. The quantitative estimate of drug-likeness (QED) is 0.836. The maximum Gasteiger partial charge on any atom is 0.293 e. The molecule has 0 unspecified atom stereocenters. The van der Waals surface area contributed by atoms with E-state index >= 15 is 0 Å². The number of hydrogen-bond donors (Lipinski definition) is 2. The lowest BCUT2D eigenvalue weighted by Gasteiger charge is -2.03. The van der Waals surface area contributed by atoms with Gasteiger partial charge in [-0.25, -0.2) is 4.98 Å². The summed E-state index contributed by atoms with van der Waals surface area (Å²) in [7, 11) is 0. The molecule has 0 saturated heterocycles. The Morgan fingerprint density at radius 3 is 2.75 bits per heavy atom. The first-order chi connectivity index (χ1) is 9.70. The van der Waals surface area contributed by atoms with Crippen molar-refractivity contribution in [3.63, 3.8) is 0 Å². The highest BCUT2D eigenvalue weighted by atomic mass is 16.3. The van der Waals surface area contributed by atoms with Crippen LogP contribution in [-0.4, -0.2) is 22.6 Å². The van der Waals surface area contributed by atoms with Crippen LogP contribution in [0.25, 0.3) is 0 Å². The van der Waals surface area contributed by atoms with E-state index in [2.05, 4.69) is 22.1 Å². The number of carbonyl (C=O) groups is 1. The molecule has 0 atom stereocenters. The van der Waals surface area contributed by atoms with Crippen LogP contribution in [0.4, 0.5) is 5.69 Å². The molecule has 1 heterocycles. The zero-order valence-corrected chi connectivity index (χ0v) is 11.0. The number of aliphatic hydroxyl groups excluding tert-OH is 1. The van der Waals surface area contributed by atoms with Crippen molar-refractivity contribution in [2.45, 2.75) is 13.3 Å². The second-order valence-corrected chi connectivity index (χ2v) is 4.07. The van der Waals surface area contributed by atoms with E-state index < -0.39 is 0 Å². The molecule has 0 aliphatic heterocycles. The van der Waals surface area contributed by atoms with Crippen molar-refractivity contribution in [3.8, 4) is 11.8 Å². The first-order valence-corrected chi connectivity index (χ1v) is 6.12. The fourth-order valence-corrected chi connectivity index (χ4v) is 1.57. The largest absolute Gasteiger partial charge is 0.438 e. The molecule has 1 aromatic heterocycles. The number of aryl methyl sites for hydroxylation is 1. The smallest absolute Gasteiger partial charge is 0.293 e. The van der Waals surface area contributed by atoms with Gasteiger partial charge in [-0.3, -0.25) is 4.79 Å². The lowest BCUT2D eigenvalue weighted by Crippen LogP contribution is -2.12. The number of oxazole rings is 1. The number of carbonyl (C=O) groups excluding carboxylic acids is 1. The van der Waals surface area contributed by atoms with E-state index in [0.717, 1.165) is 5.56 Å². The molecule has 2 rings (SSSR count). The summed E-state index contributed by atoms with van der Waals surface area (Å²) in [6.45, 7) is 1.76. The van der Waals surface area contributed by atoms with Crippen molar-refractivity contribution in [1.82, 2.24) is 4.98 Å². The van der Waals surface area contributed by atoms with Crippen molar-refractivity contribution in [2.24, 2.45) is 0 Å². The number of anilines is 1. The number of benzene rings is 1. The molecular weight excluding hydrogens is 256 g/mol. The van der Waals surface area contributed by atoms with Gasteiger partial charge in [0.2, 0.25) is 5.76 Å². The minimum atomic E-state index is -0.334. The van der Waals surface area contributed by atoms with Gasteiger partial charge in [-0.1, -0.05) is 11.8 Å². The van der Waals surface area contributed by atoms with Gasteiger partial charge in [0.1, 0.15) is 0 Å². The number of hydrogen-bond acceptors (Lipinski definition) is 4. The topological polar surface area (TPSA) is 75.4 Å². The Morgan fingerprint density at radius 2 is 2.15 bits per heavy atom. The van der Waals surface area contributed by atoms with Gasteiger partial charge >= 0.3 is 0 Å². The van der Waals surface area contributed by atoms with Gasteiger partial charge in [0.15, 0.2) is 6.39 Å². The lowest BCUT2D eigenvalue weighted by molar-refractivity contribution is 0.0996. The standard InChI is InChI=1S/C15H14N2O3/c1-11-14(20-10-16-11)15(19)17-13-7-5-12(6-8-13)4-2-3-9-18/h5-8,10,18H,3,9H2,1H3,(H,17,19). The first-order valence-electron chi connectivity index (χ1n) is 6.12. The normalized spacial score (nSPS) is 9.70. The van der Waals surface area contributed by atoms with E-state index in [1.165, 1.54) is 6.39 Å². The van der Waals surface area contributed by atoms with Gasteiger partial charge in [-0.2, -0.15) is 0 Å². The van der Waals surface area contributed by atoms with Crippen molar-refractivity contribution in [2.75, 3.05) is 11.9 Å². The summed E-state index contributed by atoms with van der Waals surface area (Å²) in [4.78, 5) is 15.8. The third-order valence-electron chi connectivity index (χ3n) is 2.56. The van der Waals surface area contributed by atoms with Crippen LogP contribution in [0.1, 0.15) is 28.2 Å². The number of amides is 1. The minimum absolute atomic E-state index is 0.0532. The molecule has 5 heteroatoms. The molecule has 1 aromatic carbocycles. The van der Waals surface area contributed by atoms with Gasteiger partial charge in [-0.15, -0.1) is 0 Å². The van der Waals surface area contributed by atoms with Crippen LogP contribution in [0.2, 0.25) is 0 Å². The van der Waals surface area contributed by atoms with Gasteiger partial charge in [-0.05, 0) is 31.2 Å². The highest BCUT2D eigenvalue weighted by Crippen LogP contribution is 2.12. The Bertz CT molecular complexity index is 648. The molecule has 0 aliphatic rings. The molecule has 20 heavy (non-hydrogen) atoms. The van der Waals surface area contributed by atoms with Crippen LogP contribution < -0.4 is 5.32 Å². The Balaban J connectivity index is 2.03. The summed E-state index contributed by atoms with van der Waals surface area (Å²) in [5.74, 6) is 5.61. The molecule has 102 valence electrons. The molecule has 0 fully saturated rings. The highest BCUT2D eigenvalue weighted by molar-refractivity contribution is 6.02. The molecule has 2 N–H and O–H groups in total. The minimum Gasteiger partial charge on any atom is -0.438 e. The summed E-state index contributed by atoms with van der Waals surface area (Å²) in [5.41, 5.74) is 2.03. The maximum absolute atomic E-state index is 11.9. The Labute approximate surface area is 116 Å². The SMILES string of the molecule is Cc1ncoc1C(=O)Nc1ccc(C#CCCO)cc1. The number of nitrogens with one attached hydrogen (secondary N) is 1. The second kappa shape index (κ2) is 6.55. The lowest BCUT2D eigenvalue weighted by atomic mass is 10.2. The van der Waals surface area contributed by atoms with Crippen molar-refractivity contribution in [1.29, 1.82) is 0 Å². The zero-order valence-electron chi connectivity index (χ0n) is 11.0. The molecule has 2 aromatic rings. The second-order valence-electron chi connectivity index (χ2n) is 4.07. The van der Waals surface area contributed by atoms with E-state index in [0.29, 0.717) is 17.8 Å². The Kier molecular flexibility index (Phi) is 4.53. The predicted octanol–water partition coefficient (Wildman–Crippen LogP) is 1.97. The third kappa shape index (κ3) is 3.46. The van der Waals surface area contributed by atoms with Crippen LogP contribution >= 0.6 is 0 Å². The Morgan fingerprint density at radius 1 is 1.40 bits per heavy atom. The number of aliphatic hydroxyl groups is 1. The number of rotatable bonds is 3. The van der Waals surface area contributed by atoms with E-state index in [9.17, 15) is 4.79 Å². The van der Waals surface area contributed by atoms with Crippen molar-refractivity contribution >= 4 is 11.6 Å². The maximum atomic E-state index is 11.9. The highest BCUT2D eigenvalue weighted by Gasteiger charge is 2.13.